The van der Waals surface area contributed by atoms with Gasteiger partial charge >= 0.3 is 0 Å². The zero-order valence-corrected chi connectivity index (χ0v) is 14.3. The Balaban J connectivity index is 1.97. The molecule has 0 N–H and O–H groups in total. The second-order valence-electron chi connectivity index (χ2n) is 5.15. The number of thiophene rings is 1. The molecule has 1 aliphatic rings. The lowest BCUT2D eigenvalue weighted by Crippen LogP contribution is -2.26. The smallest absolute Gasteiger partial charge is 0.270 e. The summed E-state index contributed by atoms with van der Waals surface area (Å²) in [6, 6.07) is 5.89. The van der Waals surface area contributed by atoms with E-state index < -0.39 is 14.9 Å². The molecular formula is C14H14N2O6S2. The van der Waals surface area contributed by atoms with Crippen molar-refractivity contribution in [2.45, 2.75) is 17.4 Å². The molecule has 0 aliphatic carbocycles. The number of fused-ring (bicyclic) bond motifs is 1. The summed E-state index contributed by atoms with van der Waals surface area (Å²) in [6.45, 7) is 0.175. The third kappa shape index (κ3) is 3.13. The average Bonchev–Trinajstić information content (AvgIpc) is 3.09. The van der Waals surface area contributed by atoms with Crippen LogP contribution in [0.3, 0.4) is 0 Å². The van der Waals surface area contributed by atoms with Crippen molar-refractivity contribution in [3.05, 3.63) is 50.9 Å². The number of non-ortho nitro benzene ring substituents is 1. The van der Waals surface area contributed by atoms with Gasteiger partial charge < -0.3 is 9.47 Å². The molecule has 2 aromatic rings. The highest BCUT2D eigenvalue weighted by Gasteiger charge is 2.26. The van der Waals surface area contributed by atoms with E-state index >= 15 is 0 Å². The van der Waals surface area contributed by atoms with Gasteiger partial charge in [0.05, 0.1) is 11.5 Å². The van der Waals surface area contributed by atoms with Gasteiger partial charge in [-0.2, -0.15) is 4.31 Å². The van der Waals surface area contributed by atoms with Crippen molar-refractivity contribution in [2.24, 2.45) is 0 Å². The number of sulfonamides is 1. The third-order valence-electron chi connectivity index (χ3n) is 3.54. The van der Waals surface area contributed by atoms with Crippen LogP contribution in [0.2, 0.25) is 0 Å². The van der Waals surface area contributed by atoms with Crippen LogP contribution in [0.25, 0.3) is 0 Å². The Morgan fingerprint density at radius 1 is 1.42 bits per heavy atom. The topological polar surface area (TPSA) is 99.0 Å². The third-order valence-corrected chi connectivity index (χ3v) is 6.71. The van der Waals surface area contributed by atoms with E-state index in [0.29, 0.717) is 16.9 Å². The van der Waals surface area contributed by atoms with Gasteiger partial charge in [-0.15, -0.1) is 11.3 Å². The Bertz CT molecular complexity index is 864. The molecule has 10 heteroatoms. The Morgan fingerprint density at radius 2 is 2.21 bits per heavy atom. The lowest BCUT2D eigenvalue weighted by Gasteiger charge is -2.23. The summed E-state index contributed by atoms with van der Waals surface area (Å²) in [6.07, 6.45) is 0. The van der Waals surface area contributed by atoms with Crippen LogP contribution in [0.15, 0.2) is 33.9 Å². The standard InChI is InChI=1S/C14H14N2O6S2/c1-15(24(19,20)13-3-2-4-23-13)7-10-5-12(16(17)18)6-11-8-21-9-22-14(10)11/h2-6H,7-9H2,1H3. The molecule has 8 nitrogen and oxygen atoms in total. The zero-order chi connectivity index (χ0) is 17.3. The molecule has 0 atom stereocenters. The van der Waals surface area contributed by atoms with Crippen LogP contribution >= 0.6 is 11.3 Å². The second-order valence-corrected chi connectivity index (χ2v) is 8.37. The van der Waals surface area contributed by atoms with E-state index in [1.807, 2.05) is 0 Å². The summed E-state index contributed by atoms with van der Waals surface area (Å²) in [5.74, 6) is 0.445. The van der Waals surface area contributed by atoms with Crippen LogP contribution in [0, 0.1) is 10.1 Å². The van der Waals surface area contributed by atoms with Crippen LogP contribution in [0.4, 0.5) is 5.69 Å². The van der Waals surface area contributed by atoms with Gasteiger partial charge in [0.15, 0.2) is 6.79 Å². The lowest BCUT2D eigenvalue weighted by molar-refractivity contribution is -0.385. The molecular weight excluding hydrogens is 356 g/mol. The Kier molecular flexibility index (Phi) is 4.54. The van der Waals surface area contributed by atoms with Gasteiger partial charge in [-0.3, -0.25) is 10.1 Å². The van der Waals surface area contributed by atoms with E-state index in [2.05, 4.69) is 0 Å². The number of nitrogens with zero attached hydrogens (tertiary/aromatic N) is 2. The van der Waals surface area contributed by atoms with Crippen molar-refractivity contribution >= 4 is 27.0 Å². The predicted molar refractivity (Wildman–Crippen MR) is 86.4 cm³/mol. The van der Waals surface area contributed by atoms with Gasteiger partial charge in [-0.25, -0.2) is 8.42 Å². The number of nitro groups is 1. The first-order valence-electron chi connectivity index (χ1n) is 6.90. The van der Waals surface area contributed by atoms with Gasteiger partial charge in [0.1, 0.15) is 9.96 Å². The van der Waals surface area contributed by atoms with Gasteiger partial charge in [0.2, 0.25) is 0 Å². The largest absolute Gasteiger partial charge is 0.467 e. The molecule has 24 heavy (non-hydrogen) atoms. The molecule has 0 bridgehead atoms. The number of hydrogen-bond donors (Lipinski definition) is 0. The maximum absolute atomic E-state index is 12.5. The van der Waals surface area contributed by atoms with Crippen LogP contribution in [-0.4, -0.2) is 31.5 Å². The Morgan fingerprint density at radius 3 is 2.88 bits per heavy atom. The van der Waals surface area contributed by atoms with E-state index in [1.54, 1.807) is 11.4 Å². The van der Waals surface area contributed by atoms with E-state index in [0.717, 1.165) is 15.6 Å². The van der Waals surface area contributed by atoms with Gasteiger partial charge in [-0.1, -0.05) is 6.07 Å². The van der Waals surface area contributed by atoms with E-state index in [-0.39, 0.29) is 29.8 Å². The number of hydrogen-bond acceptors (Lipinski definition) is 7. The molecule has 0 saturated heterocycles. The first-order valence-corrected chi connectivity index (χ1v) is 9.22. The maximum Gasteiger partial charge on any atom is 0.270 e. The number of ether oxygens (including phenoxy) is 2. The molecule has 0 amide bonds. The monoisotopic (exact) mass is 370 g/mol. The normalized spacial score (nSPS) is 14.2. The van der Waals surface area contributed by atoms with Crippen molar-refractivity contribution < 1.29 is 22.8 Å². The summed E-state index contributed by atoms with van der Waals surface area (Å²) in [5.41, 5.74) is 0.845. The number of benzene rings is 1. The fraction of sp³-hybridized carbons (Fsp3) is 0.286. The summed E-state index contributed by atoms with van der Waals surface area (Å²) in [4.78, 5) is 10.6. The maximum atomic E-state index is 12.5. The minimum atomic E-state index is -3.66. The summed E-state index contributed by atoms with van der Waals surface area (Å²) >= 11 is 1.12. The molecule has 0 unspecified atom stereocenters. The molecule has 1 aromatic heterocycles. The Labute approximate surface area is 142 Å². The van der Waals surface area contributed by atoms with Crippen LogP contribution in [0.1, 0.15) is 11.1 Å². The molecule has 1 aromatic carbocycles. The minimum Gasteiger partial charge on any atom is -0.467 e. The number of nitro benzene ring substituents is 1. The van der Waals surface area contributed by atoms with Crippen molar-refractivity contribution in [3.63, 3.8) is 0 Å². The average molecular weight is 370 g/mol. The zero-order valence-electron chi connectivity index (χ0n) is 12.7. The van der Waals surface area contributed by atoms with Crippen LogP contribution in [0.5, 0.6) is 5.75 Å². The fourth-order valence-corrected chi connectivity index (χ4v) is 4.74. The molecule has 3 rings (SSSR count). The SMILES string of the molecule is CN(Cc1cc([N+](=O)[O-])cc2c1OCOC2)S(=O)(=O)c1cccs1. The number of rotatable bonds is 5. The van der Waals surface area contributed by atoms with E-state index in [9.17, 15) is 18.5 Å². The summed E-state index contributed by atoms with van der Waals surface area (Å²) in [5, 5.41) is 12.8. The quantitative estimate of drug-likeness (QED) is 0.592. The molecule has 128 valence electrons. The molecule has 1 aliphatic heterocycles. The lowest BCUT2D eigenvalue weighted by atomic mass is 10.1. The first kappa shape index (κ1) is 16.8. The molecule has 2 heterocycles. The Hall–Kier alpha value is -2.01. The first-order chi connectivity index (χ1) is 11.4. The van der Waals surface area contributed by atoms with Gasteiger partial charge in [0.25, 0.3) is 15.7 Å². The highest BCUT2D eigenvalue weighted by atomic mass is 32.2. The van der Waals surface area contributed by atoms with E-state index in [1.165, 1.54) is 25.2 Å². The molecule has 0 fully saturated rings. The predicted octanol–water partition coefficient (Wildman–Crippen LogP) is 2.34. The highest BCUT2D eigenvalue weighted by Crippen LogP contribution is 2.34. The van der Waals surface area contributed by atoms with Crippen molar-refractivity contribution in [2.75, 3.05) is 13.8 Å². The molecule has 0 spiro atoms. The van der Waals surface area contributed by atoms with Gasteiger partial charge in [0, 0.05) is 36.9 Å². The van der Waals surface area contributed by atoms with Crippen LogP contribution in [-0.2, 0) is 27.9 Å². The molecule has 0 radical (unpaired) electrons. The minimum absolute atomic E-state index is 0.0270. The van der Waals surface area contributed by atoms with E-state index in [4.69, 9.17) is 9.47 Å². The van der Waals surface area contributed by atoms with Crippen molar-refractivity contribution in [3.8, 4) is 5.75 Å². The summed E-state index contributed by atoms with van der Waals surface area (Å²) in [7, 11) is -2.23. The molecule has 0 saturated carbocycles. The highest BCUT2D eigenvalue weighted by molar-refractivity contribution is 7.91. The van der Waals surface area contributed by atoms with Gasteiger partial charge in [-0.05, 0) is 11.4 Å². The van der Waals surface area contributed by atoms with Crippen LogP contribution < -0.4 is 4.74 Å². The second kappa shape index (κ2) is 6.48. The van der Waals surface area contributed by atoms with Crippen molar-refractivity contribution in [1.82, 2.24) is 4.31 Å². The van der Waals surface area contributed by atoms with Crippen molar-refractivity contribution in [1.29, 1.82) is 0 Å². The summed E-state index contributed by atoms with van der Waals surface area (Å²) < 4.78 is 37.0. The fourth-order valence-electron chi connectivity index (χ4n) is 2.39.